The number of piperidine rings is 1. The van der Waals surface area contributed by atoms with Crippen LogP contribution < -0.4 is 5.73 Å². The molecule has 1 aliphatic heterocycles. The number of amides is 1. The van der Waals surface area contributed by atoms with Gasteiger partial charge < -0.3 is 15.6 Å². The van der Waals surface area contributed by atoms with Crippen LogP contribution in [0.2, 0.25) is 0 Å². The predicted molar refractivity (Wildman–Crippen MR) is 134 cm³/mol. The number of aromatic nitrogens is 5. The second-order valence-electron chi connectivity index (χ2n) is 8.98. The van der Waals surface area contributed by atoms with Gasteiger partial charge in [0.15, 0.2) is 5.65 Å². The number of nitrogens with one attached hydrogen (secondary N) is 1. The zero-order valence-corrected chi connectivity index (χ0v) is 19.2. The molecule has 4 aromatic rings. The van der Waals surface area contributed by atoms with Crippen molar-refractivity contribution in [2.45, 2.75) is 45.1 Å². The highest BCUT2D eigenvalue weighted by atomic mass is 16.2. The van der Waals surface area contributed by atoms with Gasteiger partial charge in [-0.3, -0.25) is 4.79 Å². The SMILES string of the molecule is C#CCCCC(=O)N1CCC(CCn2nc(-c3ccc4[nH]ccc4c3)c3c(N)ncnc32)CC1. The van der Waals surface area contributed by atoms with Crippen LogP contribution in [-0.2, 0) is 11.3 Å². The first-order valence-corrected chi connectivity index (χ1v) is 11.9. The van der Waals surface area contributed by atoms with Gasteiger partial charge >= 0.3 is 0 Å². The Morgan fingerprint density at radius 1 is 1.24 bits per heavy atom. The molecule has 34 heavy (non-hydrogen) atoms. The van der Waals surface area contributed by atoms with Crippen LogP contribution in [0.25, 0.3) is 33.2 Å². The summed E-state index contributed by atoms with van der Waals surface area (Å²) in [5.41, 5.74) is 9.91. The Morgan fingerprint density at radius 2 is 2.09 bits per heavy atom. The van der Waals surface area contributed by atoms with Crippen molar-refractivity contribution >= 4 is 33.7 Å². The first-order chi connectivity index (χ1) is 16.6. The van der Waals surface area contributed by atoms with Crippen LogP contribution in [0.1, 0.15) is 38.5 Å². The van der Waals surface area contributed by atoms with Gasteiger partial charge in [0.05, 0.1) is 5.39 Å². The fourth-order valence-corrected chi connectivity index (χ4v) is 4.86. The van der Waals surface area contributed by atoms with Gasteiger partial charge in [-0.1, -0.05) is 6.07 Å². The maximum atomic E-state index is 12.4. The summed E-state index contributed by atoms with van der Waals surface area (Å²) in [7, 11) is 0. The summed E-state index contributed by atoms with van der Waals surface area (Å²) in [6, 6.07) is 8.26. The number of nitrogens with two attached hydrogens (primary N) is 1. The van der Waals surface area contributed by atoms with E-state index >= 15 is 0 Å². The summed E-state index contributed by atoms with van der Waals surface area (Å²) in [6.07, 6.45) is 13.7. The largest absolute Gasteiger partial charge is 0.383 e. The highest BCUT2D eigenvalue weighted by molar-refractivity contribution is 5.99. The normalized spacial score (nSPS) is 14.6. The summed E-state index contributed by atoms with van der Waals surface area (Å²) >= 11 is 0. The molecule has 0 radical (unpaired) electrons. The highest BCUT2D eigenvalue weighted by Gasteiger charge is 2.23. The molecule has 3 N–H and O–H groups in total. The Bertz CT molecular complexity index is 1350. The van der Waals surface area contributed by atoms with Gasteiger partial charge in [-0.05, 0) is 49.8 Å². The monoisotopic (exact) mass is 455 g/mol. The van der Waals surface area contributed by atoms with E-state index in [1.807, 2.05) is 27.9 Å². The number of rotatable bonds is 7. The van der Waals surface area contributed by atoms with E-state index in [-0.39, 0.29) is 5.91 Å². The van der Waals surface area contributed by atoms with Gasteiger partial charge in [-0.2, -0.15) is 5.10 Å². The molecular formula is C26H29N7O. The van der Waals surface area contributed by atoms with Crippen LogP contribution in [0.3, 0.4) is 0 Å². The number of hydrogen-bond acceptors (Lipinski definition) is 5. The lowest BCUT2D eigenvalue weighted by atomic mass is 9.93. The maximum Gasteiger partial charge on any atom is 0.222 e. The minimum absolute atomic E-state index is 0.225. The highest BCUT2D eigenvalue weighted by Crippen LogP contribution is 2.32. The van der Waals surface area contributed by atoms with Crippen molar-refractivity contribution in [1.29, 1.82) is 0 Å². The number of likely N-dealkylation sites (tertiary alicyclic amines) is 1. The Balaban J connectivity index is 1.29. The van der Waals surface area contributed by atoms with E-state index in [9.17, 15) is 4.79 Å². The van der Waals surface area contributed by atoms with Crippen LogP contribution in [-0.4, -0.2) is 48.6 Å². The molecule has 0 aliphatic carbocycles. The van der Waals surface area contributed by atoms with Crippen LogP contribution in [0, 0.1) is 18.3 Å². The first-order valence-electron chi connectivity index (χ1n) is 11.9. The molecule has 0 spiro atoms. The molecule has 5 rings (SSSR count). The fraction of sp³-hybridized carbons (Fsp3) is 0.385. The lowest BCUT2D eigenvalue weighted by Gasteiger charge is -2.32. The molecule has 4 heterocycles. The molecule has 1 amide bonds. The molecule has 174 valence electrons. The minimum atomic E-state index is 0.225. The van der Waals surface area contributed by atoms with Crippen LogP contribution in [0.15, 0.2) is 36.8 Å². The minimum Gasteiger partial charge on any atom is -0.383 e. The van der Waals surface area contributed by atoms with Crippen molar-refractivity contribution in [2.24, 2.45) is 5.92 Å². The molecule has 8 heteroatoms. The molecule has 0 atom stereocenters. The summed E-state index contributed by atoms with van der Waals surface area (Å²) < 4.78 is 1.96. The second kappa shape index (κ2) is 9.56. The van der Waals surface area contributed by atoms with E-state index in [0.717, 1.165) is 78.5 Å². The molecule has 1 aromatic carbocycles. The number of nitrogens with zero attached hydrogens (tertiary/aromatic N) is 5. The standard InChI is InChI=1S/C26H29N7O/c1-2-3-4-5-22(34)32-13-9-18(10-14-32)11-15-33-26-23(25(27)29-17-30-26)24(31-33)20-6-7-21-19(16-20)8-12-28-21/h1,6-8,12,16-18,28H,3-5,9-11,13-15H2,(H2,27,29,30). The smallest absolute Gasteiger partial charge is 0.222 e. The average Bonchev–Trinajstić information content (AvgIpc) is 3.48. The molecule has 8 nitrogen and oxygen atoms in total. The number of anilines is 1. The number of aromatic amines is 1. The number of terminal acetylenes is 1. The summed E-state index contributed by atoms with van der Waals surface area (Å²) in [6.45, 7) is 2.38. The zero-order valence-electron chi connectivity index (χ0n) is 19.2. The van der Waals surface area contributed by atoms with Crippen molar-refractivity contribution in [3.63, 3.8) is 0 Å². The van der Waals surface area contributed by atoms with Crippen LogP contribution in [0.5, 0.6) is 0 Å². The molecule has 0 saturated carbocycles. The summed E-state index contributed by atoms with van der Waals surface area (Å²) in [5.74, 6) is 3.82. The topological polar surface area (TPSA) is 106 Å². The quantitative estimate of drug-likeness (QED) is 0.324. The number of benzene rings is 1. The van der Waals surface area contributed by atoms with E-state index < -0.39 is 0 Å². The predicted octanol–water partition coefficient (Wildman–Crippen LogP) is 3.99. The van der Waals surface area contributed by atoms with Crippen molar-refractivity contribution in [2.75, 3.05) is 18.8 Å². The lowest BCUT2D eigenvalue weighted by molar-refractivity contribution is -0.132. The molecule has 3 aromatic heterocycles. The molecule has 1 saturated heterocycles. The second-order valence-corrected chi connectivity index (χ2v) is 8.98. The van der Waals surface area contributed by atoms with E-state index in [0.29, 0.717) is 24.6 Å². The fourth-order valence-electron chi connectivity index (χ4n) is 4.86. The first kappa shape index (κ1) is 22.0. The van der Waals surface area contributed by atoms with E-state index in [1.54, 1.807) is 0 Å². The van der Waals surface area contributed by atoms with Crippen molar-refractivity contribution in [3.8, 4) is 23.6 Å². The van der Waals surface area contributed by atoms with E-state index in [4.69, 9.17) is 17.3 Å². The van der Waals surface area contributed by atoms with Crippen LogP contribution in [0.4, 0.5) is 5.82 Å². The Labute approximate surface area is 198 Å². The number of unbranched alkanes of at least 4 members (excludes halogenated alkanes) is 1. The number of carbonyl (C=O) groups is 1. The van der Waals surface area contributed by atoms with Crippen molar-refractivity contribution in [3.05, 3.63) is 36.8 Å². The third kappa shape index (κ3) is 4.34. The van der Waals surface area contributed by atoms with Gasteiger partial charge in [0.25, 0.3) is 0 Å². The van der Waals surface area contributed by atoms with Gasteiger partial charge in [0.2, 0.25) is 5.91 Å². The Hall–Kier alpha value is -3.86. The number of nitrogen functional groups attached to an aromatic ring is 1. The summed E-state index contributed by atoms with van der Waals surface area (Å²) in [5, 5.41) is 6.84. The van der Waals surface area contributed by atoms with Gasteiger partial charge in [-0.25, -0.2) is 14.6 Å². The molecule has 0 bridgehead atoms. The van der Waals surface area contributed by atoms with E-state index in [1.165, 1.54) is 6.33 Å². The number of H-pyrrole nitrogens is 1. The molecular weight excluding hydrogens is 426 g/mol. The van der Waals surface area contributed by atoms with Crippen LogP contribution >= 0.6 is 0 Å². The molecule has 0 unspecified atom stereocenters. The van der Waals surface area contributed by atoms with Gasteiger partial charge in [-0.15, -0.1) is 12.3 Å². The number of fused-ring (bicyclic) bond motifs is 2. The molecule has 1 aliphatic rings. The lowest BCUT2D eigenvalue weighted by Crippen LogP contribution is -2.38. The third-order valence-electron chi connectivity index (χ3n) is 6.81. The van der Waals surface area contributed by atoms with Crippen molar-refractivity contribution < 1.29 is 4.79 Å². The number of carbonyl (C=O) groups excluding carboxylic acids is 1. The third-order valence-corrected chi connectivity index (χ3v) is 6.81. The molecule has 1 fully saturated rings. The number of hydrogen-bond donors (Lipinski definition) is 2. The summed E-state index contributed by atoms with van der Waals surface area (Å²) in [4.78, 5) is 26.3. The van der Waals surface area contributed by atoms with Gasteiger partial charge in [0, 0.05) is 55.1 Å². The van der Waals surface area contributed by atoms with Gasteiger partial charge in [0.1, 0.15) is 17.8 Å². The van der Waals surface area contributed by atoms with Crippen molar-refractivity contribution in [1.82, 2.24) is 29.6 Å². The number of aryl methyl sites for hydroxylation is 1. The maximum absolute atomic E-state index is 12.4. The van der Waals surface area contributed by atoms with E-state index in [2.05, 4.69) is 33.0 Å². The Kier molecular flexibility index (Phi) is 6.17. The zero-order chi connectivity index (χ0) is 23.5. The average molecular weight is 456 g/mol. The Morgan fingerprint density at radius 3 is 2.91 bits per heavy atom.